The number of hydrogen-bond donors (Lipinski definition) is 2. The van der Waals surface area contributed by atoms with Crippen molar-refractivity contribution in [2.75, 3.05) is 20.3 Å². The normalized spacial score (nSPS) is 11.9. The van der Waals surface area contributed by atoms with Gasteiger partial charge in [-0.25, -0.2) is 0 Å². The zero-order chi connectivity index (χ0) is 14.1. The molecule has 0 unspecified atom stereocenters. The molecule has 0 aliphatic heterocycles. The van der Waals surface area contributed by atoms with E-state index >= 15 is 0 Å². The van der Waals surface area contributed by atoms with Crippen molar-refractivity contribution in [1.29, 1.82) is 0 Å². The van der Waals surface area contributed by atoms with Gasteiger partial charge in [0, 0.05) is 5.56 Å². The number of ether oxygens (including phenoxy) is 2. The molecule has 1 atom stereocenters. The zero-order valence-corrected chi connectivity index (χ0v) is 11.8. The maximum absolute atomic E-state index is 9.16. The minimum Gasteiger partial charge on any atom is -0.493 e. The number of rotatable bonds is 9. The number of aliphatic hydroxyl groups excluding tert-OH is 1. The minimum absolute atomic E-state index is 0.203. The highest BCUT2D eigenvalue weighted by molar-refractivity contribution is 5.42. The van der Waals surface area contributed by atoms with Crippen molar-refractivity contribution in [2.24, 2.45) is 0 Å². The molecule has 0 aliphatic carbocycles. The predicted octanol–water partition coefficient (Wildman–Crippen LogP) is 1.09. The first-order valence-electron chi connectivity index (χ1n) is 6.59. The van der Waals surface area contributed by atoms with E-state index in [9.17, 15) is 0 Å². The number of methoxy groups -OCH3 is 1. The maximum Gasteiger partial charge on any atom is 0.161 e. The van der Waals surface area contributed by atoms with Gasteiger partial charge in [0.05, 0.1) is 13.7 Å². The number of aliphatic hydroxyl groups is 1. The highest BCUT2D eigenvalue weighted by atomic mass is 16.5. The highest BCUT2D eigenvalue weighted by Crippen LogP contribution is 2.27. The zero-order valence-electron chi connectivity index (χ0n) is 11.8. The number of benzene rings is 1. The van der Waals surface area contributed by atoms with Crippen molar-refractivity contribution in [1.82, 2.24) is 0 Å². The molecule has 0 amide bonds. The molecule has 3 N–H and O–H groups in total. The van der Waals surface area contributed by atoms with Gasteiger partial charge in [0.25, 0.3) is 0 Å². The maximum atomic E-state index is 9.16. The average Bonchev–Trinajstić information content (AvgIpc) is 2.46. The summed E-state index contributed by atoms with van der Waals surface area (Å²) in [6.07, 6.45) is 2.66. The molecular formula is C15H24NO3+. The van der Waals surface area contributed by atoms with Gasteiger partial charge in [0.1, 0.15) is 19.2 Å². The van der Waals surface area contributed by atoms with E-state index in [1.54, 1.807) is 13.2 Å². The van der Waals surface area contributed by atoms with E-state index in [1.807, 2.05) is 18.2 Å². The Labute approximate surface area is 115 Å². The van der Waals surface area contributed by atoms with Crippen LogP contribution >= 0.6 is 0 Å². The summed E-state index contributed by atoms with van der Waals surface area (Å²) in [7, 11) is 1.63. The summed E-state index contributed by atoms with van der Waals surface area (Å²) in [6.45, 7) is 7.18. The SMILES string of the molecule is C=CCOc1ccc(C[NH2+][C@H](CC)CO)cc1OC. The lowest BCUT2D eigenvalue weighted by Crippen LogP contribution is -2.89. The first kappa shape index (κ1) is 15.5. The van der Waals surface area contributed by atoms with E-state index in [-0.39, 0.29) is 12.6 Å². The second-order valence-electron chi connectivity index (χ2n) is 4.38. The van der Waals surface area contributed by atoms with E-state index < -0.39 is 0 Å². The quantitative estimate of drug-likeness (QED) is 0.658. The van der Waals surface area contributed by atoms with E-state index in [4.69, 9.17) is 14.6 Å². The molecule has 0 bridgehead atoms. The summed E-state index contributed by atoms with van der Waals surface area (Å²) >= 11 is 0. The van der Waals surface area contributed by atoms with Crippen molar-refractivity contribution < 1.29 is 19.9 Å². The molecule has 1 rings (SSSR count). The number of hydrogen-bond acceptors (Lipinski definition) is 3. The van der Waals surface area contributed by atoms with Crippen molar-refractivity contribution >= 4 is 0 Å². The summed E-state index contributed by atoms with van der Waals surface area (Å²) in [6, 6.07) is 6.15. The molecule has 1 aromatic rings. The Bertz CT molecular complexity index is 389. The molecule has 0 spiro atoms. The van der Waals surface area contributed by atoms with Gasteiger partial charge in [-0.3, -0.25) is 0 Å². The van der Waals surface area contributed by atoms with Crippen LogP contribution in [-0.4, -0.2) is 31.5 Å². The van der Waals surface area contributed by atoms with Crippen LogP contribution in [0.15, 0.2) is 30.9 Å². The largest absolute Gasteiger partial charge is 0.493 e. The topological polar surface area (TPSA) is 55.3 Å². The molecule has 4 heteroatoms. The fourth-order valence-corrected chi connectivity index (χ4v) is 1.78. The van der Waals surface area contributed by atoms with Crippen LogP contribution in [0, 0.1) is 0 Å². The highest BCUT2D eigenvalue weighted by Gasteiger charge is 2.10. The van der Waals surface area contributed by atoms with Crippen LogP contribution in [0.5, 0.6) is 11.5 Å². The van der Waals surface area contributed by atoms with Crippen LogP contribution in [0.4, 0.5) is 0 Å². The Morgan fingerprint density at radius 1 is 1.42 bits per heavy atom. The van der Waals surface area contributed by atoms with E-state index in [0.29, 0.717) is 6.61 Å². The third kappa shape index (κ3) is 4.93. The van der Waals surface area contributed by atoms with Crippen LogP contribution in [0.1, 0.15) is 18.9 Å². The Balaban J connectivity index is 2.67. The standard InChI is InChI=1S/C15H23NO3/c1-4-8-19-14-7-6-12(9-15(14)18-3)10-16-13(5-2)11-17/h4,6-7,9,13,16-17H,1,5,8,10-11H2,2-3H3/p+1/t13-/m1/s1. The van der Waals surface area contributed by atoms with Crippen LogP contribution in [0.2, 0.25) is 0 Å². The van der Waals surface area contributed by atoms with Crippen LogP contribution < -0.4 is 14.8 Å². The minimum atomic E-state index is 0.203. The fourth-order valence-electron chi connectivity index (χ4n) is 1.78. The van der Waals surface area contributed by atoms with Gasteiger partial charge in [-0.05, 0) is 24.6 Å². The molecule has 4 nitrogen and oxygen atoms in total. The predicted molar refractivity (Wildman–Crippen MR) is 75.5 cm³/mol. The lowest BCUT2D eigenvalue weighted by Gasteiger charge is -2.13. The number of nitrogens with two attached hydrogens (primary N) is 1. The Hall–Kier alpha value is -1.52. The fraction of sp³-hybridized carbons (Fsp3) is 0.467. The molecule has 0 saturated carbocycles. The molecule has 1 aromatic carbocycles. The van der Waals surface area contributed by atoms with Gasteiger partial charge in [-0.1, -0.05) is 19.6 Å². The van der Waals surface area contributed by atoms with Crippen molar-refractivity contribution in [3.05, 3.63) is 36.4 Å². The van der Waals surface area contributed by atoms with Gasteiger partial charge in [-0.15, -0.1) is 0 Å². The molecule has 0 radical (unpaired) electrons. The van der Waals surface area contributed by atoms with E-state index in [0.717, 1.165) is 30.0 Å². The van der Waals surface area contributed by atoms with Gasteiger partial charge in [0.15, 0.2) is 11.5 Å². The average molecular weight is 266 g/mol. The smallest absolute Gasteiger partial charge is 0.161 e. The summed E-state index contributed by atoms with van der Waals surface area (Å²) in [5, 5.41) is 11.3. The molecule has 106 valence electrons. The molecule has 19 heavy (non-hydrogen) atoms. The van der Waals surface area contributed by atoms with Gasteiger partial charge >= 0.3 is 0 Å². The van der Waals surface area contributed by atoms with Gasteiger partial charge in [-0.2, -0.15) is 0 Å². The molecule has 0 saturated heterocycles. The summed E-state index contributed by atoms with van der Waals surface area (Å²) in [5.41, 5.74) is 1.15. The van der Waals surface area contributed by atoms with Gasteiger partial charge in [0.2, 0.25) is 0 Å². The van der Waals surface area contributed by atoms with Crippen LogP contribution in [-0.2, 0) is 6.54 Å². The lowest BCUT2D eigenvalue weighted by molar-refractivity contribution is -0.706. The van der Waals surface area contributed by atoms with E-state index in [1.165, 1.54) is 0 Å². The van der Waals surface area contributed by atoms with Crippen molar-refractivity contribution in [3.8, 4) is 11.5 Å². The summed E-state index contributed by atoms with van der Waals surface area (Å²) < 4.78 is 10.8. The third-order valence-corrected chi connectivity index (χ3v) is 3.03. The van der Waals surface area contributed by atoms with Gasteiger partial charge < -0.3 is 19.9 Å². The molecule has 0 aliphatic rings. The second-order valence-corrected chi connectivity index (χ2v) is 4.38. The first-order chi connectivity index (χ1) is 9.24. The van der Waals surface area contributed by atoms with Crippen LogP contribution in [0.25, 0.3) is 0 Å². The Kier molecular flexibility index (Phi) is 7.00. The summed E-state index contributed by atoms with van der Waals surface area (Å²) in [5.74, 6) is 1.45. The molecule has 0 aromatic heterocycles. The second kappa shape index (κ2) is 8.56. The summed E-state index contributed by atoms with van der Waals surface area (Å²) in [4.78, 5) is 0. The number of quaternary nitrogens is 1. The third-order valence-electron chi connectivity index (χ3n) is 3.03. The van der Waals surface area contributed by atoms with E-state index in [2.05, 4.69) is 18.8 Å². The molecular weight excluding hydrogens is 242 g/mol. The van der Waals surface area contributed by atoms with Crippen LogP contribution in [0.3, 0.4) is 0 Å². The van der Waals surface area contributed by atoms with Crippen molar-refractivity contribution in [3.63, 3.8) is 0 Å². The van der Waals surface area contributed by atoms with Crippen molar-refractivity contribution in [2.45, 2.75) is 25.9 Å². The molecule has 0 heterocycles. The lowest BCUT2D eigenvalue weighted by atomic mass is 10.1. The monoisotopic (exact) mass is 266 g/mol. The Morgan fingerprint density at radius 3 is 2.79 bits per heavy atom. The molecule has 0 fully saturated rings. The Morgan fingerprint density at radius 2 is 2.21 bits per heavy atom. The first-order valence-corrected chi connectivity index (χ1v) is 6.59.